The molecule has 3 heterocycles. The number of quaternary nitrogens is 1. The Hall–Kier alpha value is -2.76. The third-order valence-corrected chi connectivity index (χ3v) is 6.78. The van der Waals surface area contributed by atoms with E-state index in [0.717, 1.165) is 17.8 Å². The third kappa shape index (κ3) is 4.23. The zero-order chi connectivity index (χ0) is 21.1. The van der Waals surface area contributed by atoms with E-state index >= 15 is 0 Å². The van der Waals surface area contributed by atoms with Crippen molar-refractivity contribution in [2.75, 3.05) is 0 Å². The lowest BCUT2D eigenvalue weighted by atomic mass is 9.95. The molecule has 0 aliphatic carbocycles. The van der Waals surface area contributed by atoms with Crippen LogP contribution in [0.5, 0.6) is 0 Å². The van der Waals surface area contributed by atoms with E-state index in [9.17, 15) is 4.79 Å². The van der Waals surface area contributed by atoms with Gasteiger partial charge in [0.1, 0.15) is 23.9 Å². The first-order valence-corrected chi connectivity index (χ1v) is 11.4. The van der Waals surface area contributed by atoms with Crippen LogP contribution in [0.4, 0.5) is 0 Å². The molecule has 154 valence electrons. The summed E-state index contributed by atoms with van der Waals surface area (Å²) in [5, 5.41) is 4.39. The Balaban J connectivity index is 1.61. The summed E-state index contributed by atoms with van der Waals surface area (Å²) in [5.74, 6) is 0.571. The maximum absolute atomic E-state index is 12.6. The van der Waals surface area contributed by atoms with Crippen molar-refractivity contribution in [1.29, 1.82) is 0 Å². The molecule has 4 nitrogen and oxygen atoms in total. The summed E-state index contributed by atoms with van der Waals surface area (Å²) in [4.78, 5) is 18.6. The van der Waals surface area contributed by atoms with Crippen LogP contribution in [0.25, 0.3) is 5.65 Å². The molecule has 0 saturated heterocycles. The second kappa shape index (κ2) is 8.94. The first-order chi connectivity index (χ1) is 14.6. The minimum atomic E-state index is -0.0212. The van der Waals surface area contributed by atoms with Crippen molar-refractivity contribution >= 4 is 17.0 Å². The smallest absolute Gasteiger partial charge is 0.258 e. The molecule has 1 aromatic carbocycles. The predicted molar refractivity (Wildman–Crippen MR) is 123 cm³/mol. The highest BCUT2D eigenvalue weighted by Crippen LogP contribution is 2.25. The van der Waals surface area contributed by atoms with Gasteiger partial charge in [0, 0.05) is 17.3 Å². The molecule has 0 aliphatic rings. The normalized spacial score (nSPS) is 13.4. The Labute approximate surface area is 181 Å². The van der Waals surface area contributed by atoms with Gasteiger partial charge in [0.2, 0.25) is 0 Å². The third-order valence-electron chi connectivity index (χ3n) is 5.82. The topological polar surface area (TPSA) is 51.0 Å². The summed E-state index contributed by atoms with van der Waals surface area (Å²) in [6.07, 6.45) is 1.14. The number of rotatable bonds is 7. The maximum Gasteiger partial charge on any atom is 0.258 e. The summed E-state index contributed by atoms with van der Waals surface area (Å²) in [7, 11) is 0. The zero-order valence-corrected chi connectivity index (χ0v) is 18.5. The fourth-order valence-corrected chi connectivity index (χ4v) is 4.71. The maximum atomic E-state index is 12.6. The molecule has 3 aromatic heterocycles. The quantitative estimate of drug-likeness (QED) is 0.483. The van der Waals surface area contributed by atoms with Gasteiger partial charge in [-0.25, -0.2) is 4.98 Å². The first kappa shape index (κ1) is 20.5. The van der Waals surface area contributed by atoms with Crippen molar-refractivity contribution in [2.45, 2.75) is 45.7 Å². The molecule has 0 amide bonds. The average Bonchev–Trinajstić information content (AvgIpc) is 3.28. The molecule has 4 rings (SSSR count). The number of aromatic nitrogens is 2. The molecule has 0 fully saturated rings. The molecular formula is C25H28N3OS+. The molecule has 5 heteroatoms. The van der Waals surface area contributed by atoms with Crippen LogP contribution in [-0.2, 0) is 6.54 Å². The molecular weight excluding hydrogens is 390 g/mol. The summed E-state index contributed by atoms with van der Waals surface area (Å²) >= 11 is 1.77. The van der Waals surface area contributed by atoms with E-state index in [4.69, 9.17) is 4.98 Å². The Morgan fingerprint density at radius 1 is 1.07 bits per heavy atom. The van der Waals surface area contributed by atoms with Crippen LogP contribution in [0.15, 0.2) is 70.8 Å². The van der Waals surface area contributed by atoms with Gasteiger partial charge in [0.15, 0.2) is 0 Å². The first-order valence-electron chi connectivity index (χ1n) is 10.5. The van der Waals surface area contributed by atoms with Crippen molar-refractivity contribution in [2.24, 2.45) is 0 Å². The molecule has 2 N–H and O–H groups in total. The number of benzene rings is 1. The molecule has 0 saturated carbocycles. The van der Waals surface area contributed by atoms with Crippen LogP contribution in [-0.4, -0.2) is 9.38 Å². The second-order valence-electron chi connectivity index (χ2n) is 7.86. The minimum Gasteiger partial charge on any atom is -0.331 e. The lowest BCUT2D eigenvalue weighted by Gasteiger charge is -2.16. The SMILES string of the molecule is CC[C@@H](C)c1ccc([C@H]([NH2+]Cc2cc(=O)n3c(C)cccc3n2)c2cccs2)cc1. The van der Waals surface area contributed by atoms with Crippen LogP contribution < -0.4 is 10.9 Å². The Kier molecular flexibility index (Phi) is 6.11. The standard InChI is InChI=1S/C25H27N3OS/c1-4-17(2)19-10-12-20(13-11-19)25(22-8-6-14-30-22)26-16-21-15-24(29)28-18(3)7-5-9-23(28)27-21/h5-15,17,25-26H,4,16H2,1-3H3/p+1/t17-,25+/m1/s1. The van der Waals surface area contributed by atoms with Gasteiger partial charge in [0.25, 0.3) is 5.56 Å². The monoisotopic (exact) mass is 418 g/mol. The number of aryl methyl sites for hydroxylation is 1. The van der Waals surface area contributed by atoms with E-state index in [-0.39, 0.29) is 11.6 Å². The molecule has 0 aliphatic heterocycles. The second-order valence-corrected chi connectivity index (χ2v) is 8.83. The van der Waals surface area contributed by atoms with Crippen molar-refractivity contribution in [3.05, 3.63) is 104 Å². The minimum absolute atomic E-state index is 0.0212. The summed E-state index contributed by atoms with van der Waals surface area (Å²) in [6, 6.07) is 20.9. The van der Waals surface area contributed by atoms with Gasteiger partial charge in [-0.2, -0.15) is 0 Å². The Morgan fingerprint density at radius 2 is 1.83 bits per heavy atom. The zero-order valence-electron chi connectivity index (χ0n) is 17.7. The molecule has 0 bridgehead atoms. The van der Waals surface area contributed by atoms with Crippen LogP contribution in [0.1, 0.15) is 59.6 Å². The van der Waals surface area contributed by atoms with Gasteiger partial charge >= 0.3 is 0 Å². The van der Waals surface area contributed by atoms with Gasteiger partial charge in [-0.05, 0) is 48.4 Å². The highest BCUT2D eigenvalue weighted by atomic mass is 32.1. The molecule has 30 heavy (non-hydrogen) atoms. The van der Waals surface area contributed by atoms with Gasteiger partial charge in [-0.1, -0.05) is 50.2 Å². The van der Waals surface area contributed by atoms with Crippen molar-refractivity contribution < 1.29 is 5.32 Å². The number of hydrogen-bond acceptors (Lipinski definition) is 3. The summed E-state index contributed by atoms with van der Waals surface area (Å²) < 4.78 is 1.66. The molecule has 0 radical (unpaired) electrons. The van der Waals surface area contributed by atoms with Crippen LogP contribution in [0.2, 0.25) is 0 Å². The highest BCUT2D eigenvalue weighted by molar-refractivity contribution is 7.10. The van der Waals surface area contributed by atoms with Gasteiger partial charge < -0.3 is 5.32 Å². The lowest BCUT2D eigenvalue weighted by Crippen LogP contribution is -2.84. The largest absolute Gasteiger partial charge is 0.331 e. The fourth-order valence-electron chi connectivity index (χ4n) is 3.86. The van der Waals surface area contributed by atoms with Crippen molar-refractivity contribution in [1.82, 2.24) is 9.38 Å². The van der Waals surface area contributed by atoms with E-state index in [2.05, 4.69) is 60.9 Å². The molecule has 4 aromatic rings. The van der Waals surface area contributed by atoms with Gasteiger partial charge in [0.05, 0.1) is 4.88 Å². The lowest BCUT2D eigenvalue weighted by molar-refractivity contribution is -0.702. The highest BCUT2D eigenvalue weighted by Gasteiger charge is 2.20. The van der Waals surface area contributed by atoms with E-state index in [0.29, 0.717) is 18.1 Å². The summed E-state index contributed by atoms with van der Waals surface area (Å²) in [6.45, 7) is 7.07. The van der Waals surface area contributed by atoms with Crippen molar-refractivity contribution in [3.8, 4) is 0 Å². The van der Waals surface area contributed by atoms with Gasteiger partial charge in [-0.15, -0.1) is 11.3 Å². The molecule has 2 atom stereocenters. The van der Waals surface area contributed by atoms with Crippen LogP contribution >= 0.6 is 11.3 Å². The molecule has 0 unspecified atom stereocenters. The number of pyridine rings is 1. The van der Waals surface area contributed by atoms with Crippen LogP contribution in [0, 0.1) is 6.92 Å². The van der Waals surface area contributed by atoms with Gasteiger partial charge in [-0.3, -0.25) is 9.20 Å². The Morgan fingerprint density at radius 3 is 2.53 bits per heavy atom. The van der Waals surface area contributed by atoms with E-state index in [1.165, 1.54) is 16.0 Å². The average molecular weight is 419 g/mol. The molecule has 0 spiro atoms. The van der Waals surface area contributed by atoms with Crippen molar-refractivity contribution in [3.63, 3.8) is 0 Å². The van der Waals surface area contributed by atoms with E-state index in [1.54, 1.807) is 21.8 Å². The number of nitrogens with zero attached hydrogens (tertiary/aromatic N) is 2. The summed E-state index contributed by atoms with van der Waals surface area (Å²) in [5.41, 5.74) is 5.05. The number of thiophene rings is 1. The predicted octanol–water partition coefficient (Wildman–Crippen LogP) is 4.43. The Bertz CT molecular complexity index is 1180. The van der Waals surface area contributed by atoms with E-state index in [1.807, 2.05) is 25.1 Å². The fraction of sp³-hybridized carbons (Fsp3) is 0.280. The van der Waals surface area contributed by atoms with E-state index < -0.39 is 0 Å². The number of fused-ring (bicyclic) bond motifs is 1. The number of hydrogen-bond donors (Lipinski definition) is 1. The number of nitrogens with two attached hydrogens (primary N) is 1. The van der Waals surface area contributed by atoms with Crippen LogP contribution in [0.3, 0.4) is 0 Å².